The highest BCUT2D eigenvalue weighted by molar-refractivity contribution is 5.85. The predicted molar refractivity (Wildman–Crippen MR) is 78.6 cm³/mol. The molecule has 0 bridgehead atoms. The Bertz CT molecular complexity index is 508. The van der Waals surface area contributed by atoms with Gasteiger partial charge in [-0.2, -0.15) is 10.2 Å². The maximum absolute atomic E-state index is 12.1. The smallest absolute Gasteiger partial charge is 0.109 e. The third-order valence-corrected chi connectivity index (χ3v) is 2.83. The summed E-state index contributed by atoms with van der Waals surface area (Å²) in [4.78, 5) is 0. The summed E-state index contributed by atoms with van der Waals surface area (Å²) in [5.41, 5.74) is 2.07. The van der Waals surface area contributed by atoms with Gasteiger partial charge in [-0.3, -0.25) is 9.36 Å². The SMILES string of the molecule is CC(C)n1cc(CNCc2ccn(CCF)n2)cn1.Cl. The summed E-state index contributed by atoms with van der Waals surface area (Å²) in [5.74, 6) is 0. The fourth-order valence-electron chi connectivity index (χ4n) is 1.80. The summed E-state index contributed by atoms with van der Waals surface area (Å²) in [6.07, 6.45) is 5.71. The summed E-state index contributed by atoms with van der Waals surface area (Å²) in [6.45, 7) is 5.56. The molecule has 20 heavy (non-hydrogen) atoms. The fraction of sp³-hybridized carbons (Fsp3) is 0.538. The number of halogens is 2. The molecule has 1 N–H and O–H groups in total. The summed E-state index contributed by atoms with van der Waals surface area (Å²) in [5, 5.41) is 11.8. The van der Waals surface area contributed by atoms with Crippen LogP contribution in [0.3, 0.4) is 0 Å². The lowest BCUT2D eigenvalue weighted by molar-refractivity contribution is 0.425. The van der Waals surface area contributed by atoms with Crippen LogP contribution in [0.5, 0.6) is 0 Å². The van der Waals surface area contributed by atoms with Crippen LogP contribution in [-0.4, -0.2) is 26.2 Å². The summed E-state index contributed by atoms with van der Waals surface area (Å²) in [6, 6.07) is 2.28. The van der Waals surface area contributed by atoms with Crippen LogP contribution in [0.1, 0.15) is 31.1 Å². The van der Waals surface area contributed by atoms with Crippen molar-refractivity contribution < 1.29 is 4.39 Å². The van der Waals surface area contributed by atoms with E-state index in [4.69, 9.17) is 0 Å². The number of nitrogens with zero attached hydrogens (tertiary/aromatic N) is 4. The summed E-state index contributed by atoms with van der Waals surface area (Å²) in [7, 11) is 0. The van der Waals surface area contributed by atoms with Crippen molar-refractivity contribution in [2.45, 2.75) is 39.5 Å². The van der Waals surface area contributed by atoms with Crippen molar-refractivity contribution in [3.8, 4) is 0 Å². The van der Waals surface area contributed by atoms with Crippen LogP contribution in [0.2, 0.25) is 0 Å². The van der Waals surface area contributed by atoms with Gasteiger partial charge < -0.3 is 5.32 Å². The topological polar surface area (TPSA) is 47.7 Å². The van der Waals surface area contributed by atoms with E-state index in [1.807, 2.05) is 23.1 Å². The number of rotatable bonds is 7. The van der Waals surface area contributed by atoms with Crippen LogP contribution in [-0.2, 0) is 19.6 Å². The van der Waals surface area contributed by atoms with Crippen LogP contribution in [0.15, 0.2) is 24.7 Å². The van der Waals surface area contributed by atoms with Crippen LogP contribution < -0.4 is 5.32 Å². The van der Waals surface area contributed by atoms with E-state index in [-0.39, 0.29) is 19.1 Å². The zero-order valence-corrected chi connectivity index (χ0v) is 12.6. The molecule has 0 aliphatic rings. The van der Waals surface area contributed by atoms with Crippen LogP contribution in [0.25, 0.3) is 0 Å². The first kappa shape index (κ1) is 16.7. The zero-order valence-electron chi connectivity index (χ0n) is 11.8. The van der Waals surface area contributed by atoms with E-state index in [0.29, 0.717) is 19.1 Å². The van der Waals surface area contributed by atoms with Gasteiger partial charge in [0.15, 0.2) is 0 Å². The first-order valence-electron chi connectivity index (χ1n) is 6.51. The lowest BCUT2D eigenvalue weighted by atomic mass is 10.3. The molecule has 0 radical (unpaired) electrons. The molecule has 0 saturated heterocycles. The Morgan fingerprint density at radius 2 is 2.15 bits per heavy atom. The second-order valence-corrected chi connectivity index (χ2v) is 4.79. The van der Waals surface area contributed by atoms with Gasteiger partial charge in [-0.1, -0.05) is 0 Å². The Morgan fingerprint density at radius 1 is 1.35 bits per heavy atom. The average molecular weight is 302 g/mol. The maximum atomic E-state index is 12.1. The zero-order chi connectivity index (χ0) is 13.7. The molecular weight excluding hydrogens is 281 g/mol. The van der Waals surface area contributed by atoms with E-state index in [1.165, 1.54) is 0 Å². The van der Waals surface area contributed by atoms with Gasteiger partial charge in [0.1, 0.15) is 6.67 Å². The molecule has 2 heterocycles. The minimum atomic E-state index is -0.386. The molecule has 0 atom stereocenters. The molecule has 0 aliphatic heterocycles. The normalized spacial score (nSPS) is 10.8. The molecule has 0 spiro atoms. The molecule has 0 amide bonds. The fourth-order valence-corrected chi connectivity index (χ4v) is 1.80. The first-order valence-corrected chi connectivity index (χ1v) is 6.51. The van der Waals surface area contributed by atoms with E-state index in [0.717, 1.165) is 17.8 Å². The molecule has 2 aromatic rings. The van der Waals surface area contributed by atoms with E-state index in [9.17, 15) is 4.39 Å². The summed E-state index contributed by atoms with van der Waals surface area (Å²) >= 11 is 0. The van der Waals surface area contributed by atoms with Gasteiger partial charge >= 0.3 is 0 Å². The average Bonchev–Trinajstić information content (AvgIpc) is 2.99. The lowest BCUT2D eigenvalue weighted by Crippen LogP contribution is -2.13. The van der Waals surface area contributed by atoms with Gasteiger partial charge in [0, 0.05) is 37.1 Å². The van der Waals surface area contributed by atoms with E-state index in [2.05, 4.69) is 29.4 Å². The molecule has 0 aliphatic carbocycles. The van der Waals surface area contributed by atoms with Crippen molar-refractivity contribution in [2.24, 2.45) is 0 Å². The highest BCUT2D eigenvalue weighted by atomic mass is 35.5. The van der Waals surface area contributed by atoms with Crippen molar-refractivity contribution in [3.63, 3.8) is 0 Å². The monoisotopic (exact) mass is 301 g/mol. The molecule has 2 rings (SSSR count). The standard InChI is InChI=1S/C13H20FN5.ClH/c1-11(2)19-10-12(8-16-19)7-15-9-13-3-5-18(17-13)6-4-14;/h3,5,8,10-11,15H,4,6-7,9H2,1-2H3;1H. The van der Waals surface area contributed by atoms with E-state index >= 15 is 0 Å². The van der Waals surface area contributed by atoms with Gasteiger partial charge in [-0.25, -0.2) is 4.39 Å². The second-order valence-electron chi connectivity index (χ2n) is 4.79. The first-order chi connectivity index (χ1) is 9.19. The van der Waals surface area contributed by atoms with Crippen molar-refractivity contribution in [3.05, 3.63) is 35.9 Å². The van der Waals surface area contributed by atoms with Gasteiger partial charge in [0.05, 0.1) is 18.4 Å². The predicted octanol–water partition coefficient (Wildman–Crippen LogP) is 2.34. The van der Waals surface area contributed by atoms with Crippen molar-refractivity contribution >= 4 is 12.4 Å². The van der Waals surface area contributed by atoms with Gasteiger partial charge in [0.2, 0.25) is 0 Å². The Balaban J connectivity index is 0.00000200. The van der Waals surface area contributed by atoms with Crippen molar-refractivity contribution in [2.75, 3.05) is 6.67 Å². The molecule has 0 aromatic carbocycles. The van der Waals surface area contributed by atoms with Crippen molar-refractivity contribution in [1.29, 1.82) is 0 Å². The number of alkyl halides is 1. The molecule has 7 heteroatoms. The Hall–Kier alpha value is -1.40. The van der Waals surface area contributed by atoms with Gasteiger partial charge in [-0.15, -0.1) is 12.4 Å². The van der Waals surface area contributed by atoms with Crippen LogP contribution in [0, 0.1) is 0 Å². The van der Waals surface area contributed by atoms with Crippen LogP contribution >= 0.6 is 12.4 Å². The number of hydrogen-bond donors (Lipinski definition) is 1. The third kappa shape index (κ3) is 4.61. The third-order valence-electron chi connectivity index (χ3n) is 2.83. The van der Waals surface area contributed by atoms with Gasteiger partial charge in [-0.05, 0) is 19.9 Å². The molecule has 5 nitrogen and oxygen atoms in total. The Morgan fingerprint density at radius 3 is 2.80 bits per heavy atom. The largest absolute Gasteiger partial charge is 0.307 e. The molecule has 112 valence electrons. The number of aryl methyl sites for hydroxylation is 1. The molecule has 0 saturated carbocycles. The summed E-state index contributed by atoms with van der Waals surface area (Å²) < 4.78 is 15.7. The van der Waals surface area contributed by atoms with Gasteiger partial charge in [0.25, 0.3) is 0 Å². The number of nitrogens with one attached hydrogen (secondary N) is 1. The Labute approximate surface area is 124 Å². The lowest BCUT2D eigenvalue weighted by Gasteiger charge is -2.03. The van der Waals surface area contributed by atoms with Crippen LogP contribution in [0.4, 0.5) is 4.39 Å². The van der Waals surface area contributed by atoms with Crippen molar-refractivity contribution in [1.82, 2.24) is 24.9 Å². The van der Waals surface area contributed by atoms with E-state index < -0.39 is 0 Å². The quantitative estimate of drug-likeness (QED) is 0.854. The highest BCUT2D eigenvalue weighted by Gasteiger charge is 2.02. The minimum Gasteiger partial charge on any atom is -0.307 e. The minimum absolute atomic E-state index is 0. The number of aromatic nitrogens is 4. The number of hydrogen-bond acceptors (Lipinski definition) is 3. The van der Waals surface area contributed by atoms with E-state index in [1.54, 1.807) is 10.9 Å². The molecule has 2 aromatic heterocycles. The second kappa shape index (κ2) is 8.01. The maximum Gasteiger partial charge on any atom is 0.109 e. The molecule has 0 unspecified atom stereocenters. The molecular formula is C13H21ClFN5. The molecule has 0 fully saturated rings. The Kier molecular flexibility index (Phi) is 6.67. The highest BCUT2D eigenvalue weighted by Crippen LogP contribution is 2.05.